The van der Waals surface area contributed by atoms with Gasteiger partial charge in [0.2, 0.25) is 5.51 Å². The summed E-state index contributed by atoms with van der Waals surface area (Å²) in [5, 5.41) is 10.7. The molecule has 0 amide bonds. The normalized spacial score (nSPS) is 10.3. The number of carbonyl (C=O) groups is 1. The van der Waals surface area contributed by atoms with E-state index in [0.29, 0.717) is 12.0 Å². The molecule has 0 fully saturated rings. The first-order valence-corrected chi connectivity index (χ1v) is 9.76. The van der Waals surface area contributed by atoms with Crippen LogP contribution >= 0.6 is 11.3 Å². The Morgan fingerprint density at radius 2 is 1.83 bits per heavy atom. The van der Waals surface area contributed by atoms with Crippen LogP contribution in [-0.4, -0.2) is 17.5 Å². The van der Waals surface area contributed by atoms with Crippen molar-refractivity contribution < 1.29 is 31.4 Å². The lowest BCUT2D eigenvalue weighted by Crippen LogP contribution is -3.00. The Bertz CT molecular complexity index is 1000. The summed E-state index contributed by atoms with van der Waals surface area (Å²) in [7, 11) is 0. The van der Waals surface area contributed by atoms with E-state index < -0.39 is 10.9 Å². The molecule has 3 rings (SSSR count). The first-order chi connectivity index (χ1) is 13.5. The minimum absolute atomic E-state index is 0. The molecular formula is C21H21ClN2O4S. The minimum atomic E-state index is -0.499. The molecule has 0 unspecified atom stereocenters. The number of nitro benzene ring substituents is 1. The standard InChI is InChI=1S/C21H21N2O4S.ClH/c1-15-5-3-4-6-18(15)13-22-14-28-20(16(22)2)11-12-27-21(24)17-7-9-19(10-8-17)23(25)26;/h3-10,14H,11-13H2,1-2H3;1H/q+1;/p-1. The predicted octanol–water partition coefficient (Wildman–Crippen LogP) is 1.01. The van der Waals surface area contributed by atoms with E-state index in [1.54, 1.807) is 11.3 Å². The van der Waals surface area contributed by atoms with Crippen molar-refractivity contribution in [2.24, 2.45) is 0 Å². The summed E-state index contributed by atoms with van der Waals surface area (Å²) in [6.45, 7) is 5.26. The summed E-state index contributed by atoms with van der Waals surface area (Å²) >= 11 is 1.65. The Morgan fingerprint density at radius 1 is 1.14 bits per heavy atom. The Balaban J connectivity index is 0.00000300. The zero-order chi connectivity index (χ0) is 20.1. The van der Waals surface area contributed by atoms with Gasteiger partial charge in [-0.25, -0.2) is 4.79 Å². The van der Waals surface area contributed by atoms with Crippen LogP contribution in [0.3, 0.4) is 0 Å². The van der Waals surface area contributed by atoms with E-state index in [1.807, 2.05) is 12.1 Å². The molecular weight excluding hydrogens is 412 g/mol. The summed E-state index contributed by atoms with van der Waals surface area (Å²) in [6, 6.07) is 13.7. The van der Waals surface area contributed by atoms with E-state index in [4.69, 9.17) is 4.74 Å². The number of nitrogens with zero attached hydrogens (tertiary/aromatic N) is 2. The molecule has 0 radical (unpaired) electrons. The summed E-state index contributed by atoms with van der Waals surface area (Å²) in [5.74, 6) is -0.475. The zero-order valence-corrected chi connectivity index (χ0v) is 17.7. The predicted molar refractivity (Wildman–Crippen MR) is 107 cm³/mol. The number of aromatic nitrogens is 1. The van der Waals surface area contributed by atoms with Gasteiger partial charge in [-0.15, -0.1) is 0 Å². The van der Waals surface area contributed by atoms with Crippen LogP contribution in [0.15, 0.2) is 54.0 Å². The molecule has 2 aromatic carbocycles. The topological polar surface area (TPSA) is 73.3 Å². The Kier molecular flexibility index (Phi) is 7.87. The summed E-state index contributed by atoms with van der Waals surface area (Å²) < 4.78 is 7.53. The largest absolute Gasteiger partial charge is 1.00 e. The van der Waals surface area contributed by atoms with Crippen LogP contribution in [0, 0.1) is 24.0 Å². The summed E-state index contributed by atoms with van der Waals surface area (Å²) in [5.41, 5.74) is 6.06. The lowest BCUT2D eigenvalue weighted by Gasteiger charge is -2.04. The number of hydrogen-bond acceptors (Lipinski definition) is 5. The van der Waals surface area contributed by atoms with Crippen LogP contribution < -0.4 is 17.0 Å². The molecule has 1 heterocycles. The molecule has 0 N–H and O–H groups in total. The van der Waals surface area contributed by atoms with Gasteiger partial charge in [0.25, 0.3) is 5.69 Å². The number of benzene rings is 2. The third-order valence-corrected chi connectivity index (χ3v) is 5.78. The average Bonchev–Trinajstić information content (AvgIpc) is 3.03. The quantitative estimate of drug-likeness (QED) is 0.242. The molecule has 3 aromatic rings. The smallest absolute Gasteiger partial charge is 0.338 e. The van der Waals surface area contributed by atoms with Gasteiger partial charge in [0, 0.05) is 31.0 Å². The molecule has 152 valence electrons. The van der Waals surface area contributed by atoms with Gasteiger partial charge in [0.05, 0.1) is 22.0 Å². The number of thiazole rings is 1. The lowest BCUT2D eigenvalue weighted by molar-refractivity contribution is -0.689. The Labute approximate surface area is 179 Å². The molecule has 0 bridgehead atoms. The van der Waals surface area contributed by atoms with Crippen LogP contribution in [0.2, 0.25) is 0 Å². The van der Waals surface area contributed by atoms with Crippen LogP contribution in [-0.2, 0) is 17.7 Å². The van der Waals surface area contributed by atoms with Crippen molar-refractivity contribution in [3.8, 4) is 0 Å². The second-order valence-corrected chi connectivity index (χ2v) is 7.42. The first kappa shape index (κ1) is 22.5. The molecule has 0 aliphatic heterocycles. The third kappa shape index (κ3) is 5.62. The number of carbonyl (C=O) groups excluding carboxylic acids is 1. The van der Waals surface area contributed by atoms with E-state index in [2.05, 4.69) is 36.1 Å². The maximum atomic E-state index is 12.1. The van der Waals surface area contributed by atoms with Crippen LogP contribution in [0.1, 0.15) is 32.1 Å². The zero-order valence-electron chi connectivity index (χ0n) is 16.1. The number of halogens is 1. The SMILES string of the molecule is Cc1ccccc1C[n+]1csc(CCOC(=O)c2ccc([N+](=O)[O-])cc2)c1C.[Cl-]. The fourth-order valence-corrected chi connectivity index (χ4v) is 3.83. The highest BCUT2D eigenvalue weighted by atomic mass is 35.5. The van der Waals surface area contributed by atoms with Crippen LogP contribution in [0.5, 0.6) is 0 Å². The lowest BCUT2D eigenvalue weighted by atomic mass is 10.1. The van der Waals surface area contributed by atoms with Crippen molar-refractivity contribution in [2.45, 2.75) is 26.8 Å². The van der Waals surface area contributed by atoms with E-state index in [0.717, 1.165) is 6.54 Å². The Hall–Kier alpha value is -2.77. The van der Waals surface area contributed by atoms with Crippen molar-refractivity contribution >= 4 is 23.0 Å². The second-order valence-electron chi connectivity index (χ2n) is 6.48. The average molecular weight is 433 g/mol. The number of esters is 1. The minimum Gasteiger partial charge on any atom is -1.00 e. The van der Waals surface area contributed by atoms with E-state index in [9.17, 15) is 14.9 Å². The van der Waals surface area contributed by atoms with E-state index in [-0.39, 0.29) is 24.7 Å². The fraction of sp³-hybridized carbons (Fsp3) is 0.238. The highest BCUT2D eigenvalue weighted by Gasteiger charge is 2.17. The maximum absolute atomic E-state index is 12.1. The molecule has 1 aromatic heterocycles. The monoisotopic (exact) mass is 432 g/mol. The highest BCUT2D eigenvalue weighted by Crippen LogP contribution is 2.15. The number of non-ortho nitro benzene ring substituents is 1. The molecule has 0 spiro atoms. The first-order valence-electron chi connectivity index (χ1n) is 8.88. The molecule has 29 heavy (non-hydrogen) atoms. The van der Waals surface area contributed by atoms with Gasteiger partial charge in [-0.3, -0.25) is 10.1 Å². The van der Waals surface area contributed by atoms with Crippen molar-refractivity contribution in [1.82, 2.24) is 0 Å². The van der Waals surface area contributed by atoms with Gasteiger partial charge in [0.1, 0.15) is 0 Å². The van der Waals surface area contributed by atoms with Crippen molar-refractivity contribution in [3.63, 3.8) is 0 Å². The van der Waals surface area contributed by atoms with Crippen molar-refractivity contribution in [3.05, 3.63) is 91.4 Å². The van der Waals surface area contributed by atoms with Gasteiger partial charge in [-0.2, -0.15) is 4.57 Å². The van der Waals surface area contributed by atoms with Crippen molar-refractivity contribution in [1.29, 1.82) is 0 Å². The summed E-state index contributed by atoms with van der Waals surface area (Å²) in [4.78, 5) is 23.4. The number of nitro groups is 1. The molecule has 6 nitrogen and oxygen atoms in total. The number of hydrogen-bond donors (Lipinski definition) is 0. The van der Waals surface area contributed by atoms with Crippen LogP contribution in [0.25, 0.3) is 0 Å². The van der Waals surface area contributed by atoms with Crippen molar-refractivity contribution in [2.75, 3.05) is 6.61 Å². The second kappa shape index (κ2) is 10.1. The van der Waals surface area contributed by atoms with Gasteiger partial charge < -0.3 is 17.1 Å². The van der Waals surface area contributed by atoms with Gasteiger partial charge in [-0.1, -0.05) is 35.6 Å². The summed E-state index contributed by atoms with van der Waals surface area (Å²) in [6.07, 6.45) is 0.635. The van der Waals surface area contributed by atoms with Gasteiger partial charge in [-0.05, 0) is 24.6 Å². The molecule has 0 atom stereocenters. The van der Waals surface area contributed by atoms with Gasteiger partial charge >= 0.3 is 5.97 Å². The molecule has 0 aliphatic carbocycles. The number of rotatable bonds is 7. The third-order valence-electron chi connectivity index (χ3n) is 4.63. The van der Waals surface area contributed by atoms with Gasteiger partial charge in [0.15, 0.2) is 12.2 Å². The molecule has 0 saturated heterocycles. The number of aryl methyl sites for hydroxylation is 1. The van der Waals surface area contributed by atoms with Crippen LogP contribution in [0.4, 0.5) is 5.69 Å². The molecule has 0 saturated carbocycles. The maximum Gasteiger partial charge on any atom is 0.338 e. The number of ether oxygens (including phenoxy) is 1. The highest BCUT2D eigenvalue weighted by molar-refractivity contribution is 7.09. The van der Waals surface area contributed by atoms with E-state index >= 15 is 0 Å². The fourth-order valence-electron chi connectivity index (χ4n) is 2.86. The van der Waals surface area contributed by atoms with E-state index in [1.165, 1.54) is 46.0 Å². The molecule has 0 aliphatic rings. The molecule has 8 heteroatoms. The Morgan fingerprint density at radius 3 is 2.48 bits per heavy atom.